The van der Waals surface area contributed by atoms with Crippen molar-refractivity contribution >= 4 is 17.3 Å². The third-order valence-electron chi connectivity index (χ3n) is 6.52. The molecule has 3 aromatic heterocycles. The number of imidazole rings is 1. The van der Waals surface area contributed by atoms with Gasteiger partial charge in [0.05, 0.1) is 30.2 Å². The molecule has 9 heteroatoms. The van der Waals surface area contributed by atoms with E-state index in [-0.39, 0.29) is 5.82 Å². The number of fused-ring (bicyclic) bond motifs is 2. The first kappa shape index (κ1) is 20.9. The Balaban J connectivity index is 1.31. The van der Waals surface area contributed by atoms with Crippen molar-refractivity contribution in [3.8, 4) is 16.9 Å². The molecular weight excluding hydrogens is 433 g/mol. The number of para-hydroxylation sites is 1. The van der Waals surface area contributed by atoms with Gasteiger partial charge in [0, 0.05) is 55.9 Å². The molecule has 174 valence electrons. The first-order chi connectivity index (χ1) is 16.7. The van der Waals surface area contributed by atoms with Crippen LogP contribution in [0.5, 0.6) is 5.75 Å². The number of nitrogens with zero attached hydrogens (tertiary/aromatic N) is 6. The lowest BCUT2D eigenvalue weighted by Gasteiger charge is -2.31. The van der Waals surface area contributed by atoms with Gasteiger partial charge in [-0.25, -0.2) is 19.3 Å². The van der Waals surface area contributed by atoms with Crippen LogP contribution in [0, 0.1) is 12.7 Å². The Morgan fingerprint density at radius 1 is 1.03 bits per heavy atom. The Hall–Kier alpha value is -3.72. The second kappa shape index (κ2) is 8.57. The van der Waals surface area contributed by atoms with E-state index in [4.69, 9.17) is 9.72 Å². The number of piperazine rings is 1. The summed E-state index contributed by atoms with van der Waals surface area (Å²) < 4.78 is 22.0. The topological polar surface area (TPSA) is 70.8 Å². The van der Waals surface area contributed by atoms with Crippen LogP contribution in [0.2, 0.25) is 0 Å². The van der Waals surface area contributed by atoms with Crippen molar-refractivity contribution in [2.24, 2.45) is 0 Å². The van der Waals surface area contributed by atoms with Crippen molar-refractivity contribution in [3.05, 3.63) is 66.1 Å². The summed E-state index contributed by atoms with van der Waals surface area (Å²) in [7, 11) is 0. The number of hydrogen-bond donors (Lipinski definition) is 1. The van der Waals surface area contributed by atoms with E-state index < -0.39 is 0 Å². The molecule has 6 rings (SSSR count). The monoisotopic (exact) mass is 459 g/mol. The van der Waals surface area contributed by atoms with Crippen LogP contribution in [0.1, 0.15) is 11.4 Å². The maximum Gasteiger partial charge on any atom is 0.225 e. The second-order valence-electron chi connectivity index (χ2n) is 8.66. The normalized spacial score (nSPS) is 15.9. The molecule has 0 aliphatic carbocycles. The molecule has 8 nitrogen and oxygen atoms in total. The predicted octanol–water partition coefficient (Wildman–Crippen LogP) is 3.05. The molecule has 0 bridgehead atoms. The number of nitrogens with one attached hydrogen (secondary N) is 1. The number of aromatic nitrogens is 4. The van der Waals surface area contributed by atoms with Crippen LogP contribution in [0.4, 0.5) is 16.0 Å². The fourth-order valence-electron chi connectivity index (χ4n) is 4.68. The molecule has 4 aromatic rings. The highest BCUT2D eigenvalue weighted by atomic mass is 19.1. The summed E-state index contributed by atoms with van der Waals surface area (Å²) in [6.45, 7) is 7.48. The first-order valence-electron chi connectivity index (χ1n) is 11.6. The Morgan fingerprint density at radius 3 is 2.68 bits per heavy atom. The van der Waals surface area contributed by atoms with Crippen LogP contribution in [-0.2, 0) is 6.54 Å². The van der Waals surface area contributed by atoms with E-state index in [0.717, 1.165) is 66.0 Å². The third kappa shape index (κ3) is 3.71. The van der Waals surface area contributed by atoms with Gasteiger partial charge in [-0.1, -0.05) is 6.07 Å². The first-order valence-corrected chi connectivity index (χ1v) is 11.6. The number of ether oxygens (including phenoxy) is 1. The number of pyridine rings is 1. The van der Waals surface area contributed by atoms with Gasteiger partial charge >= 0.3 is 0 Å². The van der Waals surface area contributed by atoms with E-state index in [9.17, 15) is 4.39 Å². The molecule has 0 atom stereocenters. The quantitative estimate of drug-likeness (QED) is 0.503. The highest BCUT2D eigenvalue weighted by molar-refractivity contribution is 5.65. The molecular formula is C25H26FN7O. The number of halogens is 1. The minimum Gasteiger partial charge on any atom is -0.486 e. The minimum atomic E-state index is -0.330. The van der Waals surface area contributed by atoms with Gasteiger partial charge in [-0.15, -0.1) is 0 Å². The van der Waals surface area contributed by atoms with E-state index in [0.29, 0.717) is 25.4 Å². The average Bonchev–Trinajstić information content (AvgIpc) is 3.19. The summed E-state index contributed by atoms with van der Waals surface area (Å²) in [5.41, 5.74) is 5.64. The van der Waals surface area contributed by atoms with Crippen molar-refractivity contribution in [1.82, 2.24) is 24.7 Å². The fourth-order valence-corrected chi connectivity index (χ4v) is 4.68. The van der Waals surface area contributed by atoms with Crippen molar-refractivity contribution < 1.29 is 9.13 Å². The van der Waals surface area contributed by atoms with Gasteiger partial charge in [0.1, 0.15) is 12.3 Å². The molecule has 1 N–H and O–H groups in total. The van der Waals surface area contributed by atoms with Crippen molar-refractivity contribution in [1.29, 1.82) is 0 Å². The molecule has 1 saturated heterocycles. The molecule has 0 amide bonds. The SMILES string of the molecule is Cc1nc2ccc(-c3cnc(N4CCNCC4)nc3)cn2c1CN1CCOc2c(F)cccc21. The van der Waals surface area contributed by atoms with E-state index >= 15 is 0 Å². The standard InChI is InChI=1S/C25H26FN7O/c1-17-22(16-32-11-12-34-24-20(26)3-2-4-21(24)32)33-15-18(5-6-23(33)30-17)19-13-28-25(29-14-19)31-9-7-27-8-10-31/h2-6,13-15,27H,7-12,16H2,1H3. The summed E-state index contributed by atoms with van der Waals surface area (Å²) >= 11 is 0. The molecule has 0 unspecified atom stereocenters. The highest BCUT2D eigenvalue weighted by Gasteiger charge is 2.23. The second-order valence-corrected chi connectivity index (χ2v) is 8.66. The largest absolute Gasteiger partial charge is 0.486 e. The van der Waals surface area contributed by atoms with Gasteiger partial charge in [0.25, 0.3) is 0 Å². The van der Waals surface area contributed by atoms with Gasteiger partial charge < -0.3 is 24.3 Å². The number of anilines is 2. The number of benzene rings is 1. The zero-order valence-corrected chi connectivity index (χ0v) is 19.0. The highest BCUT2D eigenvalue weighted by Crippen LogP contribution is 2.35. The van der Waals surface area contributed by atoms with E-state index in [2.05, 4.69) is 35.7 Å². The molecule has 34 heavy (non-hydrogen) atoms. The maximum atomic E-state index is 14.3. The van der Waals surface area contributed by atoms with E-state index in [1.54, 1.807) is 6.07 Å². The summed E-state index contributed by atoms with van der Waals surface area (Å²) in [5, 5.41) is 3.35. The van der Waals surface area contributed by atoms with Crippen LogP contribution in [0.25, 0.3) is 16.8 Å². The van der Waals surface area contributed by atoms with Crippen LogP contribution in [-0.4, -0.2) is 58.7 Å². The average molecular weight is 460 g/mol. The fraction of sp³-hybridized carbons (Fsp3) is 0.320. The van der Waals surface area contributed by atoms with Crippen LogP contribution >= 0.6 is 0 Å². The van der Waals surface area contributed by atoms with Crippen LogP contribution in [0.15, 0.2) is 48.9 Å². The van der Waals surface area contributed by atoms with Crippen LogP contribution < -0.4 is 19.9 Å². The van der Waals surface area contributed by atoms with Gasteiger partial charge in [-0.05, 0) is 31.2 Å². The van der Waals surface area contributed by atoms with Gasteiger partial charge in [0.2, 0.25) is 5.95 Å². The number of rotatable bonds is 4. The molecule has 0 radical (unpaired) electrons. The Kier molecular flexibility index (Phi) is 5.26. The van der Waals surface area contributed by atoms with Crippen molar-refractivity contribution in [2.75, 3.05) is 49.1 Å². The zero-order valence-electron chi connectivity index (χ0n) is 19.0. The summed E-state index contributed by atoms with van der Waals surface area (Å²) in [4.78, 5) is 18.3. The summed E-state index contributed by atoms with van der Waals surface area (Å²) in [6.07, 6.45) is 5.85. The van der Waals surface area contributed by atoms with Gasteiger partial charge in [-0.3, -0.25) is 0 Å². The molecule has 1 fully saturated rings. The Labute approximate surface area is 197 Å². The third-order valence-corrected chi connectivity index (χ3v) is 6.52. The van der Waals surface area contributed by atoms with Crippen molar-refractivity contribution in [3.63, 3.8) is 0 Å². The number of hydrogen-bond acceptors (Lipinski definition) is 7. The summed E-state index contributed by atoms with van der Waals surface area (Å²) in [6, 6.07) is 9.12. The van der Waals surface area contributed by atoms with Crippen molar-refractivity contribution in [2.45, 2.75) is 13.5 Å². The van der Waals surface area contributed by atoms with Gasteiger partial charge in [0.15, 0.2) is 11.6 Å². The lowest BCUT2D eigenvalue weighted by atomic mass is 10.1. The lowest BCUT2D eigenvalue weighted by Crippen LogP contribution is -2.44. The van der Waals surface area contributed by atoms with E-state index in [1.165, 1.54) is 6.07 Å². The van der Waals surface area contributed by atoms with Crippen LogP contribution in [0.3, 0.4) is 0 Å². The van der Waals surface area contributed by atoms with Gasteiger partial charge in [-0.2, -0.15) is 0 Å². The summed E-state index contributed by atoms with van der Waals surface area (Å²) in [5.74, 6) is 0.759. The molecule has 0 spiro atoms. The minimum absolute atomic E-state index is 0.322. The zero-order chi connectivity index (χ0) is 23.1. The molecule has 5 heterocycles. The molecule has 2 aliphatic heterocycles. The smallest absolute Gasteiger partial charge is 0.225 e. The Bertz CT molecular complexity index is 1330. The molecule has 1 aromatic carbocycles. The predicted molar refractivity (Wildman–Crippen MR) is 129 cm³/mol. The molecule has 2 aliphatic rings. The van der Waals surface area contributed by atoms with E-state index in [1.807, 2.05) is 37.5 Å². The lowest BCUT2D eigenvalue weighted by molar-refractivity contribution is 0.290. The maximum absolute atomic E-state index is 14.3. The Morgan fingerprint density at radius 2 is 1.85 bits per heavy atom. The molecule has 0 saturated carbocycles. The number of aryl methyl sites for hydroxylation is 1.